The Hall–Kier alpha value is -1.49. The van der Waals surface area contributed by atoms with Gasteiger partial charge in [-0.2, -0.15) is 0 Å². The van der Waals surface area contributed by atoms with Gasteiger partial charge in [-0.15, -0.1) is 0 Å². The third kappa shape index (κ3) is 4.45. The number of aliphatic hydroxyl groups is 1. The van der Waals surface area contributed by atoms with Gasteiger partial charge in [0.05, 0.1) is 18.8 Å². The maximum absolute atomic E-state index is 13.2. The third-order valence-electron chi connectivity index (χ3n) is 10.9. The van der Waals surface area contributed by atoms with Gasteiger partial charge >= 0.3 is 0 Å². The fraction of sp³-hybridized carbons (Fsp3) is 0.727. The van der Waals surface area contributed by atoms with Crippen molar-refractivity contribution < 1.29 is 19.4 Å². The Kier molecular flexibility index (Phi) is 6.91. The summed E-state index contributed by atoms with van der Waals surface area (Å²) in [5.74, 6) is 0.898. The van der Waals surface area contributed by atoms with Gasteiger partial charge in [0.15, 0.2) is 5.79 Å². The van der Waals surface area contributed by atoms with Gasteiger partial charge in [-0.3, -0.25) is 4.79 Å². The highest BCUT2D eigenvalue weighted by Crippen LogP contribution is 2.64. The minimum absolute atomic E-state index is 0.216. The van der Waals surface area contributed by atoms with Crippen molar-refractivity contribution in [1.82, 2.24) is 0 Å². The van der Waals surface area contributed by atoms with E-state index in [0.29, 0.717) is 37.3 Å². The van der Waals surface area contributed by atoms with Gasteiger partial charge in [0.25, 0.3) is 0 Å². The summed E-state index contributed by atoms with van der Waals surface area (Å²) in [7, 11) is 0. The van der Waals surface area contributed by atoms with Crippen LogP contribution in [0.5, 0.6) is 0 Å². The van der Waals surface area contributed by atoms with Gasteiger partial charge in [0.2, 0.25) is 0 Å². The van der Waals surface area contributed by atoms with Crippen molar-refractivity contribution in [2.75, 3.05) is 13.2 Å². The highest BCUT2D eigenvalue weighted by molar-refractivity contribution is 5.87. The van der Waals surface area contributed by atoms with Crippen molar-refractivity contribution in [2.24, 2.45) is 17.3 Å². The highest BCUT2D eigenvalue weighted by Gasteiger charge is 2.60. The first-order valence-electron chi connectivity index (χ1n) is 15.2. The van der Waals surface area contributed by atoms with E-state index in [1.54, 1.807) is 0 Å². The molecule has 1 spiro atoms. The fourth-order valence-corrected chi connectivity index (χ4v) is 8.93. The Bertz CT molecular complexity index is 1030. The molecule has 0 amide bonds. The number of benzene rings is 1. The lowest BCUT2D eigenvalue weighted by Gasteiger charge is -2.55. The van der Waals surface area contributed by atoms with Crippen LogP contribution in [0.15, 0.2) is 35.4 Å². The minimum atomic E-state index is -0.846. The number of aryl methyl sites for hydroxylation is 1. The van der Waals surface area contributed by atoms with Crippen LogP contribution in [-0.4, -0.2) is 35.5 Å². The second kappa shape index (κ2) is 9.92. The van der Waals surface area contributed by atoms with E-state index in [0.717, 1.165) is 51.4 Å². The third-order valence-corrected chi connectivity index (χ3v) is 10.9. The highest BCUT2D eigenvalue weighted by atomic mass is 16.7. The summed E-state index contributed by atoms with van der Waals surface area (Å²) in [6.07, 6.45) is 14.2. The number of Topliss-reactive ketones (excluding diaryl/α,β-unsaturated/α-hetero) is 1. The lowest BCUT2D eigenvalue weighted by atomic mass is 9.51. The molecule has 0 aromatic heterocycles. The van der Waals surface area contributed by atoms with Crippen molar-refractivity contribution in [3.8, 4) is 0 Å². The number of unbranched alkanes of at least 4 members (excludes halogenated alkanes) is 4. The predicted octanol–water partition coefficient (Wildman–Crippen LogP) is 7.04. The number of ether oxygens (including phenoxy) is 2. The van der Waals surface area contributed by atoms with Crippen molar-refractivity contribution >= 4 is 5.78 Å². The summed E-state index contributed by atoms with van der Waals surface area (Å²) < 4.78 is 12.1. The molecule has 0 bridgehead atoms. The monoisotopic (exact) mass is 506 g/mol. The standard InChI is InChI=1S/C33H46O4/c1-3-4-5-6-7-8-23-9-11-24(12-10-23)26-21-31(2)27(13-14-29(31)34)25-15-17-32(35)22-33(36-19-20-37-33)18-16-28(32)30(25)26/h9-12,25-27,35H,3-8,13-22H2,1-2H3/t25?,26?,27?,31-,32+/m0/s1. The van der Waals surface area contributed by atoms with Crippen molar-refractivity contribution in [3.63, 3.8) is 0 Å². The molecule has 1 saturated heterocycles. The van der Waals surface area contributed by atoms with E-state index >= 15 is 0 Å². The van der Waals surface area contributed by atoms with Crippen LogP contribution in [0.3, 0.4) is 0 Å². The summed E-state index contributed by atoms with van der Waals surface area (Å²) in [5, 5.41) is 12.1. The number of carbonyl (C=O) groups is 1. The van der Waals surface area contributed by atoms with Crippen LogP contribution in [0.4, 0.5) is 0 Å². The van der Waals surface area contributed by atoms with Crippen LogP contribution in [0.1, 0.15) is 114 Å². The Balaban J connectivity index is 1.32. The van der Waals surface area contributed by atoms with Crippen LogP contribution in [0, 0.1) is 17.3 Å². The van der Waals surface area contributed by atoms with E-state index in [4.69, 9.17) is 9.47 Å². The van der Waals surface area contributed by atoms with E-state index in [9.17, 15) is 9.90 Å². The van der Waals surface area contributed by atoms with Crippen LogP contribution >= 0.6 is 0 Å². The molecule has 5 atom stereocenters. The van der Waals surface area contributed by atoms with Gasteiger partial charge in [0.1, 0.15) is 5.78 Å². The summed E-state index contributed by atoms with van der Waals surface area (Å²) >= 11 is 0. The SMILES string of the molecule is CCCCCCCc1ccc(C2C[C@]3(C)C(=O)CCC3C3CC[C@@]4(O)CC5(CCC4=C23)OCCO5)cc1. The molecule has 202 valence electrons. The van der Waals surface area contributed by atoms with E-state index in [-0.39, 0.29) is 11.3 Å². The molecule has 6 rings (SSSR count). The minimum Gasteiger partial charge on any atom is -0.385 e. The van der Waals surface area contributed by atoms with Crippen molar-refractivity contribution in [3.05, 3.63) is 46.5 Å². The average Bonchev–Trinajstić information content (AvgIpc) is 3.46. The van der Waals surface area contributed by atoms with Gasteiger partial charge in [-0.1, -0.05) is 69.4 Å². The van der Waals surface area contributed by atoms with Crippen LogP contribution in [0.2, 0.25) is 0 Å². The number of fused-ring (bicyclic) bond motifs is 4. The first-order valence-corrected chi connectivity index (χ1v) is 15.2. The second-order valence-electron chi connectivity index (χ2n) is 13.0. The number of hydrogen-bond donors (Lipinski definition) is 1. The van der Waals surface area contributed by atoms with E-state index in [1.165, 1.54) is 54.4 Å². The molecule has 0 radical (unpaired) electrons. The molecule has 4 fully saturated rings. The number of ketones is 1. The van der Waals surface area contributed by atoms with E-state index in [1.807, 2.05) is 0 Å². The predicted molar refractivity (Wildman–Crippen MR) is 145 cm³/mol. The lowest BCUT2D eigenvalue weighted by molar-refractivity contribution is -0.208. The molecule has 4 heteroatoms. The largest absolute Gasteiger partial charge is 0.385 e. The quantitative estimate of drug-likeness (QED) is 0.318. The topological polar surface area (TPSA) is 55.8 Å². The maximum Gasteiger partial charge on any atom is 0.171 e. The lowest BCUT2D eigenvalue weighted by Crippen LogP contribution is -2.53. The van der Waals surface area contributed by atoms with E-state index < -0.39 is 11.4 Å². The molecule has 3 saturated carbocycles. The van der Waals surface area contributed by atoms with Crippen LogP contribution < -0.4 is 0 Å². The van der Waals surface area contributed by atoms with E-state index in [2.05, 4.69) is 38.1 Å². The van der Waals surface area contributed by atoms with Crippen molar-refractivity contribution in [2.45, 2.75) is 121 Å². The molecule has 4 nitrogen and oxygen atoms in total. The first-order chi connectivity index (χ1) is 17.9. The Morgan fingerprint density at radius 2 is 1.73 bits per heavy atom. The van der Waals surface area contributed by atoms with Crippen LogP contribution in [-0.2, 0) is 20.7 Å². The molecule has 1 heterocycles. The first kappa shape index (κ1) is 25.8. The number of rotatable bonds is 7. The van der Waals surface area contributed by atoms with Gasteiger partial charge in [-0.05, 0) is 73.5 Å². The smallest absolute Gasteiger partial charge is 0.171 e. The second-order valence-corrected chi connectivity index (χ2v) is 13.0. The number of carbonyl (C=O) groups excluding carboxylic acids is 1. The zero-order valence-corrected chi connectivity index (χ0v) is 23.0. The summed E-state index contributed by atoms with van der Waals surface area (Å²) in [5.41, 5.74) is 4.41. The zero-order chi connectivity index (χ0) is 25.7. The molecule has 1 aromatic carbocycles. The van der Waals surface area contributed by atoms with Gasteiger partial charge in [0, 0.05) is 30.6 Å². The Morgan fingerprint density at radius 1 is 0.973 bits per heavy atom. The number of allylic oxidation sites excluding steroid dienone is 1. The maximum atomic E-state index is 13.2. The molecular formula is C33H46O4. The molecule has 4 aliphatic carbocycles. The molecule has 3 unspecified atom stereocenters. The Labute approximate surface area is 223 Å². The summed E-state index contributed by atoms with van der Waals surface area (Å²) in [6.45, 7) is 5.77. The molecule has 1 N–H and O–H groups in total. The summed E-state index contributed by atoms with van der Waals surface area (Å²) in [4.78, 5) is 13.2. The molecule has 1 aliphatic heterocycles. The Morgan fingerprint density at radius 3 is 2.49 bits per heavy atom. The molecule has 5 aliphatic rings. The van der Waals surface area contributed by atoms with Gasteiger partial charge < -0.3 is 14.6 Å². The van der Waals surface area contributed by atoms with Gasteiger partial charge in [-0.25, -0.2) is 0 Å². The fourth-order valence-electron chi connectivity index (χ4n) is 8.93. The zero-order valence-electron chi connectivity index (χ0n) is 23.0. The van der Waals surface area contributed by atoms with Crippen molar-refractivity contribution in [1.29, 1.82) is 0 Å². The van der Waals surface area contributed by atoms with Crippen LogP contribution in [0.25, 0.3) is 0 Å². The normalized spacial score (nSPS) is 36.5. The number of hydrogen-bond acceptors (Lipinski definition) is 4. The summed E-state index contributed by atoms with van der Waals surface area (Å²) in [6, 6.07) is 9.32. The molecule has 1 aromatic rings. The molecular weight excluding hydrogens is 460 g/mol. The average molecular weight is 507 g/mol. The molecule has 37 heavy (non-hydrogen) atoms.